The van der Waals surface area contributed by atoms with Crippen LogP contribution < -0.4 is 4.90 Å². The molecule has 0 fully saturated rings. The second-order valence-corrected chi connectivity index (χ2v) is 5.21. The third kappa shape index (κ3) is 2.35. The molecule has 0 unspecified atom stereocenters. The number of nitrogens with zero attached hydrogens (tertiary/aromatic N) is 4. The molecule has 2 aromatic heterocycles. The van der Waals surface area contributed by atoms with Crippen molar-refractivity contribution in [3.8, 4) is 11.3 Å². The van der Waals surface area contributed by atoms with Crippen LogP contribution in [-0.4, -0.2) is 27.0 Å². The lowest BCUT2D eigenvalue weighted by Gasteiger charge is -2.19. The van der Waals surface area contributed by atoms with Crippen LogP contribution in [0.2, 0.25) is 0 Å². The first-order valence-corrected chi connectivity index (χ1v) is 7.29. The zero-order valence-electron chi connectivity index (χ0n) is 12.9. The van der Waals surface area contributed by atoms with Gasteiger partial charge in [0.2, 0.25) is 5.91 Å². The molecular weight excluding hydrogens is 276 g/mol. The molecule has 0 aliphatic carbocycles. The standard InChI is InChI=1S/C17H18N4O/c1-4-20(13(3)22)15-7-5-6-14(10-15)16-8-9-18-17-12(2)11-19-21(16)17/h5-11H,4H2,1-3H3. The van der Waals surface area contributed by atoms with Crippen LogP contribution in [0.1, 0.15) is 19.4 Å². The SMILES string of the molecule is CCN(C(C)=O)c1cccc(-c2ccnc3c(C)cnn23)c1. The molecule has 2 heterocycles. The van der Waals surface area contributed by atoms with Crippen molar-refractivity contribution >= 4 is 17.2 Å². The maximum atomic E-state index is 11.7. The second kappa shape index (κ2) is 5.60. The largest absolute Gasteiger partial charge is 0.313 e. The summed E-state index contributed by atoms with van der Waals surface area (Å²) in [5.41, 5.74) is 4.74. The Bertz CT molecular complexity index is 838. The first-order valence-electron chi connectivity index (χ1n) is 7.29. The highest BCUT2D eigenvalue weighted by atomic mass is 16.2. The van der Waals surface area contributed by atoms with Crippen molar-refractivity contribution in [2.45, 2.75) is 20.8 Å². The summed E-state index contributed by atoms with van der Waals surface area (Å²) in [5, 5.41) is 4.40. The van der Waals surface area contributed by atoms with Crippen molar-refractivity contribution in [1.82, 2.24) is 14.6 Å². The lowest BCUT2D eigenvalue weighted by molar-refractivity contribution is -0.116. The van der Waals surface area contributed by atoms with Crippen LogP contribution in [0.5, 0.6) is 0 Å². The number of aryl methyl sites for hydroxylation is 1. The van der Waals surface area contributed by atoms with Gasteiger partial charge in [0, 0.05) is 36.5 Å². The number of amides is 1. The minimum absolute atomic E-state index is 0.0365. The Kier molecular flexibility index (Phi) is 3.63. The predicted octanol–water partition coefficient (Wildman–Crippen LogP) is 3.08. The van der Waals surface area contributed by atoms with Gasteiger partial charge in [-0.1, -0.05) is 12.1 Å². The fourth-order valence-electron chi connectivity index (χ4n) is 2.64. The summed E-state index contributed by atoms with van der Waals surface area (Å²) in [6.45, 7) is 6.18. The van der Waals surface area contributed by atoms with Crippen molar-refractivity contribution < 1.29 is 4.79 Å². The van der Waals surface area contributed by atoms with E-state index < -0.39 is 0 Å². The van der Waals surface area contributed by atoms with Gasteiger partial charge < -0.3 is 4.90 Å². The van der Waals surface area contributed by atoms with Gasteiger partial charge in [-0.25, -0.2) is 9.50 Å². The van der Waals surface area contributed by atoms with Crippen LogP contribution in [0.4, 0.5) is 5.69 Å². The molecule has 1 amide bonds. The highest BCUT2D eigenvalue weighted by Crippen LogP contribution is 2.25. The van der Waals surface area contributed by atoms with Crippen molar-refractivity contribution in [3.05, 3.63) is 48.3 Å². The van der Waals surface area contributed by atoms with Crippen LogP contribution in [-0.2, 0) is 4.79 Å². The number of rotatable bonds is 3. The zero-order valence-corrected chi connectivity index (χ0v) is 12.9. The minimum atomic E-state index is 0.0365. The van der Waals surface area contributed by atoms with Crippen LogP contribution >= 0.6 is 0 Å². The number of benzene rings is 1. The summed E-state index contributed by atoms with van der Waals surface area (Å²) < 4.78 is 1.83. The maximum absolute atomic E-state index is 11.7. The van der Waals surface area contributed by atoms with E-state index in [1.165, 1.54) is 0 Å². The van der Waals surface area contributed by atoms with E-state index in [2.05, 4.69) is 10.1 Å². The minimum Gasteiger partial charge on any atom is -0.313 e. The molecule has 0 aliphatic rings. The number of aromatic nitrogens is 3. The van der Waals surface area contributed by atoms with E-state index in [4.69, 9.17) is 0 Å². The van der Waals surface area contributed by atoms with Gasteiger partial charge in [-0.2, -0.15) is 5.10 Å². The van der Waals surface area contributed by atoms with Crippen LogP contribution in [0.3, 0.4) is 0 Å². The molecule has 0 saturated carbocycles. The number of anilines is 1. The molecule has 0 radical (unpaired) electrons. The summed E-state index contributed by atoms with van der Waals surface area (Å²) in [6.07, 6.45) is 3.60. The van der Waals surface area contributed by atoms with Gasteiger partial charge in [-0.05, 0) is 32.0 Å². The second-order valence-electron chi connectivity index (χ2n) is 5.21. The Hall–Kier alpha value is -2.69. The molecule has 0 bridgehead atoms. The van der Waals surface area contributed by atoms with Gasteiger partial charge in [-0.3, -0.25) is 4.79 Å². The van der Waals surface area contributed by atoms with E-state index in [0.717, 1.165) is 28.2 Å². The van der Waals surface area contributed by atoms with E-state index in [9.17, 15) is 4.79 Å². The monoisotopic (exact) mass is 294 g/mol. The highest BCUT2D eigenvalue weighted by molar-refractivity contribution is 5.92. The zero-order chi connectivity index (χ0) is 15.7. The molecule has 3 aromatic rings. The normalized spacial score (nSPS) is 10.9. The van der Waals surface area contributed by atoms with Crippen molar-refractivity contribution in [2.75, 3.05) is 11.4 Å². The first kappa shape index (κ1) is 14.3. The van der Waals surface area contributed by atoms with E-state index in [0.29, 0.717) is 6.54 Å². The molecule has 112 valence electrons. The van der Waals surface area contributed by atoms with Crippen molar-refractivity contribution in [1.29, 1.82) is 0 Å². The number of fused-ring (bicyclic) bond motifs is 1. The van der Waals surface area contributed by atoms with E-state index in [1.54, 1.807) is 18.0 Å². The number of carbonyl (C=O) groups excluding carboxylic acids is 1. The number of hydrogen-bond acceptors (Lipinski definition) is 3. The smallest absolute Gasteiger partial charge is 0.223 e. The molecule has 5 nitrogen and oxygen atoms in total. The van der Waals surface area contributed by atoms with Gasteiger partial charge in [0.25, 0.3) is 0 Å². The van der Waals surface area contributed by atoms with E-state index in [-0.39, 0.29) is 5.91 Å². The van der Waals surface area contributed by atoms with Gasteiger partial charge in [0.1, 0.15) is 0 Å². The van der Waals surface area contributed by atoms with Gasteiger partial charge in [0.05, 0.1) is 11.9 Å². The average molecular weight is 294 g/mol. The summed E-state index contributed by atoms with van der Waals surface area (Å²) in [6, 6.07) is 9.86. The number of hydrogen-bond donors (Lipinski definition) is 0. The summed E-state index contributed by atoms with van der Waals surface area (Å²) in [4.78, 5) is 17.8. The average Bonchev–Trinajstić information content (AvgIpc) is 2.90. The fraction of sp³-hybridized carbons (Fsp3) is 0.235. The predicted molar refractivity (Wildman–Crippen MR) is 86.9 cm³/mol. The maximum Gasteiger partial charge on any atom is 0.223 e. The molecule has 5 heteroatoms. The van der Waals surface area contributed by atoms with Gasteiger partial charge >= 0.3 is 0 Å². The van der Waals surface area contributed by atoms with Crippen LogP contribution in [0.15, 0.2) is 42.7 Å². The Labute approximate surface area is 129 Å². The quantitative estimate of drug-likeness (QED) is 0.746. The van der Waals surface area contributed by atoms with E-state index >= 15 is 0 Å². The first-order chi connectivity index (χ1) is 10.6. The molecule has 0 saturated heterocycles. The highest BCUT2D eigenvalue weighted by Gasteiger charge is 2.12. The molecular formula is C17H18N4O. The van der Waals surface area contributed by atoms with Crippen molar-refractivity contribution in [3.63, 3.8) is 0 Å². The Balaban J connectivity index is 2.13. The lowest BCUT2D eigenvalue weighted by atomic mass is 10.1. The third-order valence-corrected chi connectivity index (χ3v) is 3.73. The van der Waals surface area contributed by atoms with Crippen LogP contribution in [0.25, 0.3) is 16.9 Å². The van der Waals surface area contributed by atoms with Gasteiger partial charge in [0.15, 0.2) is 5.65 Å². The fourth-order valence-corrected chi connectivity index (χ4v) is 2.64. The lowest BCUT2D eigenvalue weighted by Crippen LogP contribution is -2.27. The van der Waals surface area contributed by atoms with Crippen molar-refractivity contribution in [2.24, 2.45) is 0 Å². The summed E-state index contributed by atoms with van der Waals surface area (Å²) in [5.74, 6) is 0.0365. The number of carbonyl (C=O) groups is 1. The van der Waals surface area contributed by atoms with Gasteiger partial charge in [-0.15, -0.1) is 0 Å². The molecule has 0 atom stereocenters. The summed E-state index contributed by atoms with van der Waals surface area (Å²) >= 11 is 0. The van der Waals surface area contributed by atoms with E-state index in [1.807, 2.05) is 54.9 Å². The summed E-state index contributed by atoms with van der Waals surface area (Å²) in [7, 11) is 0. The Morgan fingerprint density at radius 1 is 1.32 bits per heavy atom. The third-order valence-electron chi connectivity index (χ3n) is 3.73. The topological polar surface area (TPSA) is 50.5 Å². The molecule has 0 aliphatic heterocycles. The molecule has 3 rings (SSSR count). The Morgan fingerprint density at radius 2 is 2.14 bits per heavy atom. The van der Waals surface area contributed by atoms with Crippen LogP contribution in [0, 0.1) is 6.92 Å². The molecule has 0 spiro atoms. The Morgan fingerprint density at radius 3 is 2.86 bits per heavy atom. The molecule has 0 N–H and O–H groups in total. The molecule has 1 aromatic carbocycles. The molecule has 22 heavy (non-hydrogen) atoms.